The summed E-state index contributed by atoms with van der Waals surface area (Å²) in [6.07, 6.45) is 0.759. The molecule has 1 fully saturated rings. The van der Waals surface area contributed by atoms with Crippen molar-refractivity contribution in [2.24, 2.45) is 11.8 Å². The Labute approximate surface area is 251 Å². The Balaban J connectivity index is 1.43. The summed E-state index contributed by atoms with van der Waals surface area (Å²) in [5.41, 5.74) is 5.40. The van der Waals surface area contributed by atoms with Crippen molar-refractivity contribution in [2.45, 2.75) is 71.3 Å². The van der Waals surface area contributed by atoms with E-state index < -0.39 is 5.60 Å². The molecule has 0 aromatic heterocycles. The van der Waals surface area contributed by atoms with E-state index in [4.69, 9.17) is 9.47 Å². The second-order valence-electron chi connectivity index (χ2n) is 13.8. The van der Waals surface area contributed by atoms with Gasteiger partial charge in [-0.1, -0.05) is 150 Å². The van der Waals surface area contributed by atoms with Gasteiger partial charge in [0.15, 0.2) is 0 Å². The van der Waals surface area contributed by atoms with Crippen molar-refractivity contribution in [1.82, 2.24) is 0 Å². The van der Waals surface area contributed by atoms with Gasteiger partial charge in [-0.15, -0.1) is 0 Å². The molecular weight excluding hydrogens is 516 g/mol. The molecule has 2 atom stereocenters. The topological polar surface area (TPSA) is 35.5 Å². The molecule has 42 heavy (non-hydrogen) atoms. The first-order chi connectivity index (χ1) is 19.9. The second-order valence-corrected chi connectivity index (χ2v) is 13.8. The van der Waals surface area contributed by atoms with E-state index in [2.05, 4.69) is 133 Å². The van der Waals surface area contributed by atoms with Crippen LogP contribution in [0.1, 0.15) is 81.3 Å². The summed E-state index contributed by atoms with van der Waals surface area (Å²) in [6.45, 7) is 15.6. The van der Waals surface area contributed by atoms with Gasteiger partial charge < -0.3 is 9.47 Å². The Morgan fingerprint density at radius 3 is 1.48 bits per heavy atom. The number of rotatable bonds is 8. The van der Waals surface area contributed by atoms with Crippen molar-refractivity contribution in [1.29, 1.82) is 0 Å². The van der Waals surface area contributed by atoms with Crippen molar-refractivity contribution in [3.8, 4) is 5.75 Å². The number of carbonyl (C=O) groups is 1. The van der Waals surface area contributed by atoms with Gasteiger partial charge in [0.05, 0.1) is 12.5 Å². The van der Waals surface area contributed by atoms with Crippen molar-refractivity contribution < 1.29 is 14.3 Å². The fraction of sp³-hybridized carbons (Fsp3) is 0.359. The predicted molar refractivity (Wildman–Crippen MR) is 171 cm³/mol. The van der Waals surface area contributed by atoms with E-state index in [9.17, 15) is 4.79 Å². The molecule has 0 saturated heterocycles. The van der Waals surface area contributed by atoms with Crippen molar-refractivity contribution in [3.05, 3.63) is 137 Å². The van der Waals surface area contributed by atoms with Gasteiger partial charge in [-0.25, -0.2) is 0 Å². The Morgan fingerprint density at radius 1 is 0.690 bits per heavy atom. The average molecular weight is 561 g/mol. The van der Waals surface area contributed by atoms with Crippen LogP contribution in [0, 0.1) is 18.8 Å². The van der Waals surface area contributed by atoms with Crippen molar-refractivity contribution in [2.75, 3.05) is 6.61 Å². The summed E-state index contributed by atoms with van der Waals surface area (Å²) >= 11 is 0. The summed E-state index contributed by atoms with van der Waals surface area (Å²) < 4.78 is 13.3. The van der Waals surface area contributed by atoms with E-state index in [-0.39, 0.29) is 28.6 Å². The summed E-state index contributed by atoms with van der Waals surface area (Å²) in [5.74, 6) is 0.471. The van der Waals surface area contributed by atoms with Gasteiger partial charge in [-0.05, 0) is 46.8 Å². The Hall–Kier alpha value is -3.69. The third-order valence-corrected chi connectivity index (χ3v) is 8.33. The predicted octanol–water partition coefficient (Wildman–Crippen LogP) is 9.14. The number of aryl methyl sites for hydroxylation is 1. The zero-order chi connectivity index (χ0) is 30.1. The first-order valence-corrected chi connectivity index (χ1v) is 15.1. The van der Waals surface area contributed by atoms with Gasteiger partial charge >= 0.3 is 5.97 Å². The first kappa shape index (κ1) is 29.8. The number of ether oxygens (including phenoxy) is 2. The maximum Gasteiger partial charge on any atom is 0.314 e. The van der Waals surface area contributed by atoms with Gasteiger partial charge in [0.1, 0.15) is 11.4 Å². The van der Waals surface area contributed by atoms with Crippen LogP contribution in [0.4, 0.5) is 0 Å². The molecule has 0 spiro atoms. The number of hydrogen-bond donors (Lipinski definition) is 0. The molecule has 5 rings (SSSR count). The molecule has 0 aliphatic heterocycles. The maximum atomic E-state index is 13.7. The Morgan fingerprint density at radius 2 is 1.10 bits per heavy atom. The number of esters is 1. The van der Waals surface area contributed by atoms with Crippen LogP contribution in [0.2, 0.25) is 0 Å². The van der Waals surface area contributed by atoms with E-state index in [1.54, 1.807) is 0 Å². The monoisotopic (exact) mass is 560 g/mol. The molecule has 3 nitrogen and oxygen atoms in total. The molecule has 218 valence electrons. The van der Waals surface area contributed by atoms with Crippen LogP contribution >= 0.6 is 0 Å². The van der Waals surface area contributed by atoms with Crippen LogP contribution in [0.25, 0.3) is 0 Å². The Bertz CT molecular complexity index is 1380. The van der Waals surface area contributed by atoms with Crippen LogP contribution in [-0.2, 0) is 26.0 Å². The van der Waals surface area contributed by atoms with Crippen molar-refractivity contribution in [3.63, 3.8) is 0 Å². The molecule has 3 heteroatoms. The van der Waals surface area contributed by atoms with E-state index in [0.717, 1.165) is 40.0 Å². The highest BCUT2D eigenvalue weighted by Gasteiger charge is 2.48. The lowest BCUT2D eigenvalue weighted by molar-refractivity contribution is -0.136. The highest BCUT2D eigenvalue weighted by atomic mass is 16.5. The van der Waals surface area contributed by atoms with E-state index in [1.165, 1.54) is 5.56 Å². The molecule has 1 saturated carbocycles. The molecule has 0 amide bonds. The molecule has 0 N–H and O–H groups in total. The number of hydrogen-bond acceptors (Lipinski definition) is 3. The highest BCUT2D eigenvalue weighted by molar-refractivity contribution is 5.79. The van der Waals surface area contributed by atoms with E-state index in [1.807, 2.05) is 18.2 Å². The van der Waals surface area contributed by atoms with Crippen LogP contribution in [-0.4, -0.2) is 12.6 Å². The van der Waals surface area contributed by atoms with Crippen LogP contribution in [0.5, 0.6) is 5.75 Å². The SMILES string of the molecule is Cc1cc(C(C)(C)C)c(OC(=O)C2CC2COC(c2ccccc2)(c2ccccc2)c2ccccc2)c(C(C)(C)C)c1. The van der Waals surface area contributed by atoms with Gasteiger partial charge in [0, 0.05) is 11.1 Å². The fourth-order valence-electron chi connectivity index (χ4n) is 5.89. The molecule has 0 heterocycles. The van der Waals surface area contributed by atoms with Crippen LogP contribution < -0.4 is 4.74 Å². The normalized spacial score (nSPS) is 17.1. The highest BCUT2D eigenvalue weighted by Crippen LogP contribution is 2.47. The lowest BCUT2D eigenvalue weighted by atomic mass is 9.78. The quantitative estimate of drug-likeness (QED) is 0.122. The number of carbonyl (C=O) groups excluding carboxylic acids is 1. The summed E-state index contributed by atoms with van der Waals surface area (Å²) in [5, 5.41) is 0. The molecule has 1 aliphatic carbocycles. The Kier molecular flexibility index (Phi) is 8.18. The van der Waals surface area contributed by atoms with Gasteiger partial charge in [-0.3, -0.25) is 4.79 Å². The molecule has 4 aromatic rings. The number of benzene rings is 4. The third kappa shape index (κ3) is 6.08. The largest absolute Gasteiger partial charge is 0.426 e. The molecular formula is C39H44O3. The fourth-order valence-corrected chi connectivity index (χ4v) is 5.89. The van der Waals surface area contributed by atoms with Crippen molar-refractivity contribution >= 4 is 5.97 Å². The third-order valence-electron chi connectivity index (χ3n) is 8.33. The average Bonchev–Trinajstić information content (AvgIpc) is 3.75. The standard InChI is InChI=1S/C39H44O3/c1-27-23-33(37(2,3)4)35(34(24-27)38(5,6)7)42-36(40)32-25-28(32)26-41-39(29-17-11-8-12-18-29,30-19-13-9-14-20-30)31-21-15-10-16-22-31/h8-24,28,32H,25-26H2,1-7H3. The molecule has 1 aliphatic rings. The zero-order valence-electron chi connectivity index (χ0n) is 26.1. The van der Waals surface area contributed by atoms with Gasteiger partial charge in [0.2, 0.25) is 0 Å². The summed E-state index contributed by atoms with van der Waals surface area (Å²) in [4.78, 5) is 13.7. The first-order valence-electron chi connectivity index (χ1n) is 15.1. The van der Waals surface area contributed by atoms with E-state index >= 15 is 0 Å². The van der Waals surface area contributed by atoms with E-state index in [0.29, 0.717) is 6.61 Å². The molecule has 0 radical (unpaired) electrons. The van der Waals surface area contributed by atoms with Crippen LogP contribution in [0.3, 0.4) is 0 Å². The molecule has 0 bridgehead atoms. The second kappa shape index (κ2) is 11.5. The zero-order valence-corrected chi connectivity index (χ0v) is 26.1. The lowest BCUT2D eigenvalue weighted by Gasteiger charge is -2.36. The minimum Gasteiger partial charge on any atom is -0.426 e. The van der Waals surface area contributed by atoms with Crippen LogP contribution in [0.15, 0.2) is 103 Å². The van der Waals surface area contributed by atoms with Gasteiger partial charge in [0.25, 0.3) is 0 Å². The lowest BCUT2D eigenvalue weighted by Crippen LogP contribution is -2.34. The minimum absolute atomic E-state index is 0.0923. The minimum atomic E-state index is -0.795. The molecule has 4 aromatic carbocycles. The summed E-state index contributed by atoms with van der Waals surface area (Å²) in [6, 6.07) is 35.5. The smallest absolute Gasteiger partial charge is 0.314 e. The summed E-state index contributed by atoms with van der Waals surface area (Å²) in [7, 11) is 0. The molecule has 2 unspecified atom stereocenters. The maximum absolute atomic E-state index is 13.7. The van der Waals surface area contributed by atoms with Gasteiger partial charge in [-0.2, -0.15) is 0 Å².